The number of allylic oxidation sites excluding steroid dienone is 4. The summed E-state index contributed by atoms with van der Waals surface area (Å²) in [5.41, 5.74) is 5.81. The smallest absolute Gasteiger partial charge is 0.187 e. The van der Waals surface area contributed by atoms with Crippen LogP contribution < -0.4 is 0 Å². The molecule has 0 fully saturated rings. The molecule has 0 saturated heterocycles. The summed E-state index contributed by atoms with van der Waals surface area (Å²) in [7, 11) is 0. The molecule has 0 aromatic heterocycles. The molecule has 4 nitrogen and oxygen atoms in total. The van der Waals surface area contributed by atoms with Gasteiger partial charge in [-0.2, -0.15) is 0 Å². The van der Waals surface area contributed by atoms with E-state index in [1.807, 2.05) is 36.4 Å². The summed E-state index contributed by atoms with van der Waals surface area (Å²) in [5.74, 6) is -1.59. The van der Waals surface area contributed by atoms with Crippen LogP contribution >= 0.6 is 0 Å². The third kappa shape index (κ3) is 2.80. The fraction of sp³-hybridized carbons (Fsp3) is 0.190. The number of hydrogen-bond donors (Lipinski definition) is 3. The van der Waals surface area contributed by atoms with Crippen molar-refractivity contribution in [2.45, 2.75) is 25.2 Å². The molecule has 2 aliphatic rings. The van der Waals surface area contributed by atoms with E-state index in [1.54, 1.807) is 12.3 Å². The number of rotatable bonds is 3. The first-order valence-electron chi connectivity index (χ1n) is 8.25. The molecule has 0 amide bonds. The van der Waals surface area contributed by atoms with Crippen molar-refractivity contribution < 1.29 is 15.3 Å². The second-order valence-corrected chi connectivity index (χ2v) is 6.67. The van der Waals surface area contributed by atoms with Crippen LogP contribution in [0.5, 0.6) is 5.75 Å². The van der Waals surface area contributed by atoms with E-state index in [-0.39, 0.29) is 5.75 Å². The van der Waals surface area contributed by atoms with Crippen molar-refractivity contribution in [2.24, 2.45) is 4.99 Å². The van der Waals surface area contributed by atoms with E-state index in [4.69, 9.17) is 0 Å². The molecule has 0 radical (unpaired) electrons. The molecule has 1 unspecified atom stereocenters. The van der Waals surface area contributed by atoms with Crippen LogP contribution in [0.3, 0.4) is 0 Å². The van der Waals surface area contributed by atoms with E-state index in [1.165, 1.54) is 6.92 Å². The maximum Gasteiger partial charge on any atom is 0.187 e. The first kappa shape index (κ1) is 15.8. The second-order valence-electron chi connectivity index (χ2n) is 6.67. The van der Waals surface area contributed by atoms with E-state index >= 15 is 0 Å². The number of hydrogen-bond acceptors (Lipinski definition) is 4. The number of fused-ring (bicyclic) bond motifs is 1. The van der Waals surface area contributed by atoms with Crippen LogP contribution in [0.15, 0.2) is 59.6 Å². The highest BCUT2D eigenvalue weighted by Gasteiger charge is 2.34. The van der Waals surface area contributed by atoms with Crippen LogP contribution in [-0.4, -0.2) is 27.3 Å². The Morgan fingerprint density at radius 1 is 1.12 bits per heavy atom. The van der Waals surface area contributed by atoms with Crippen molar-refractivity contribution in [2.75, 3.05) is 0 Å². The molecule has 1 aliphatic heterocycles. The molecular formula is C21H19NO3. The summed E-state index contributed by atoms with van der Waals surface area (Å²) in [5, 5.41) is 29.7. The maximum atomic E-state index is 10.0. The highest BCUT2D eigenvalue weighted by atomic mass is 16.5. The monoisotopic (exact) mass is 333 g/mol. The van der Waals surface area contributed by atoms with Gasteiger partial charge < -0.3 is 15.3 Å². The largest absolute Gasteiger partial charge is 0.507 e. The van der Waals surface area contributed by atoms with Crippen LogP contribution in [0.25, 0.3) is 11.1 Å². The van der Waals surface area contributed by atoms with Crippen molar-refractivity contribution in [3.8, 4) is 5.75 Å². The zero-order valence-corrected chi connectivity index (χ0v) is 13.8. The predicted molar refractivity (Wildman–Crippen MR) is 98.3 cm³/mol. The van der Waals surface area contributed by atoms with E-state index < -0.39 is 11.8 Å². The molecule has 1 heterocycles. The average Bonchev–Trinajstić information content (AvgIpc) is 3.21. The number of phenolic OH excluding ortho intramolecular Hbond substituents is 1. The molecule has 126 valence electrons. The molecular weight excluding hydrogens is 314 g/mol. The van der Waals surface area contributed by atoms with E-state index in [0.717, 1.165) is 39.8 Å². The normalized spacial score (nSPS) is 18.9. The van der Waals surface area contributed by atoms with Gasteiger partial charge in [-0.25, -0.2) is 0 Å². The minimum atomic E-state index is -1.87. The highest BCUT2D eigenvalue weighted by molar-refractivity contribution is 5.93. The molecule has 2 aromatic rings. The molecule has 2 aromatic carbocycles. The lowest BCUT2D eigenvalue weighted by atomic mass is 9.94. The van der Waals surface area contributed by atoms with Gasteiger partial charge >= 0.3 is 0 Å². The number of nitrogens with zero attached hydrogens (tertiary/aromatic N) is 1. The van der Waals surface area contributed by atoms with Gasteiger partial charge in [0.2, 0.25) is 0 Å². The zero-order valence-electron chi connectivity index (χ0n) is 13.8. The van der Waals surface area contributed by atoms with Gasteiger partial charge in [0.05, 0.1) is 0 Å². The van der Waals surface area contributed by atoms with E-state index in [0.29, 0.717) is 0 Å². The molecule has 4 heteroatoms. The van der Waals surface area contributed by atoms with Gasteiger partial charge in [-0.3, -0.25) is 4.99 Å². The third-order valence-electron chi connectivity index (χ3n) is 4.72. The second kappa shape index (κ2) is 5.69. The predicted octanol–water partition coefficient (Wildman–Crippen LogP) is 3.44. The number of para-hydroxylation sites is 1. The van der Waals surface area contributed by atoms with Gasteiger partial charge in [-0.1, -0.05) is 42.5 Å². The Morgan fingerprint density at radius 2 is 1.92 bits per heavy atom. The quantitative estimate of drug-likeness (QED) is 0.754. The Labute approximate surface area is 146 Å². The third-order valence-corrected chi connectivity index (χ3v) is 4.72. The summed E-state index contributed by atoms with van der Waals surface area (Å²) < 4.78 is 0. The van der Waals surface area contributed by atoms with Gasteiger partial charge in [-0.05, 0) is 53.3 Å². The molecule has 25 heavy (non-hydrogen) atoms. The Hall–Kier alpha value is -2.69. The first-order valence-corrected chi connectivity index (χ1v) is 8.25. The summed E-state index contributed by atoms with van der Waals surface area (Å²) in [6, 6.07) is 12.6. The van der Waals surface area contributed by atoms with Crippen LogP contribution in [0.4, 0.5) is 0 Å². The molecule has 0 bridgehead atoms. The number of phenols is 1. The standard InChI is InChI=1S/C21H19NO3/c1-21(24,25)20-18-9-8-14(11-16(18)12-22-20)13-6-7-15(10-13)17-4-2-3-5-19(17)23/h2-5,7-12,20,23-25H,6H2,1H3. The average molecular weight is 333 g/mol. The molecule has 0 saturated carbocycles. The van der Waals surface area contributed by atoms with Gasteiger partial charge in [0.25, 0.3) is 0 Å². The van der Waals surface area contributed by atoms with Crippen LogP contribution in [0.2, 0.25) is 0 Å². The van der Waals surface area contributed by atoms with Crippen molar-refractivity contribution in [1.29, 1.82) is 0 Å². The SMILES string of the molecule is CC(O)(O)C1N=Cc2cc(C3=CC(c4ccccc4O)=CC3)ccc21. The summed E-state index contributed by atoms with van der Waals surface area (Å²) >= 11 is 0. The minimum absolute atomic E-state index is 0.278. The summed E-state index contributed by atoms with van der Waals surface area (Å²) in [4.78, 5) is 4.23. The Morgan fingerprint density at radius 3 is 2.68 bits per heavy atom. The zero-order chi connectivity index (χ0) is 17.6. The fourth-order valence-electron chi connectivity index (χ4n) is 3.44. The van der Waals surface area contributed by atoms with Gasteiger partial charge in [0.1, 0.15) is 11.8 Å². The van der Waals surface area contributed by atoms with Crippen LogP contribution in [-0.2, 0) is 0 Å². The van der Waals surface area contributed by atoms with Crippen LogP contribution in [0, 0.1) is 0 Å². The molecule has 1 atom stereocenters. The lowest BCUT2D eigenvalue weighted by molar-refractivity contribution is -0.161. The van der Waals surface area contributed by atoms with Crippen molar-refractivity contribution >= 4 is 17.4 Å². The molecule has 3 N–H and O–H groups in total. The Balaban J connectivity index is 1.64. The minimum Gasteiger partial charge on any atom is -0.507 e. The molecule has 0 spiro atoms. The fourth-order valence-corrected chi connectivity index (χ4v) is 3.44. The lowest BCUT2D eigenvalue weighted by Crippen LogP contribution is -2.30. The van der Waals surface area contributed by atoms with Crippen molar-refractivity contribution in [3.63, 3.8) is 0 Å². The van der Waals surface area contributed by atoms with Gasteiger partial charge in [0, 0.05) is 11.8 Å². The van der Waals surface area contributed by atoms with Crippen molar-refractivity contribution in [1.82, 2.24) is 0 Å². The molecule has 1 aliphatic carbocycles. The molecule has 4 rings (SSSR count). The Kier molecular flexibility index (Phi) is 3.60. The summed E-state index contributed by atoms with van der Waals surface area (Å²) in [6.45, 7) is 1.35. The first-order chi connectivity index (χ1) is 11.9. The maximum absolute atomic E-state index is 10.0. The van der Waals surface area contributed by atoms with Crippen molar-refractivity contribution in [3.05, 3.63) is 76.9 Å². The van der Waals surface area contributed by atoms with Crippen LogP contribution in [0.1, 0.15) is 41.6 Å². The van der Waals surface area contributed by atoms with Gasteiger partial charge in [0.15, 0.2) is 5.79 Å². The topological polar surface area (TPSA) is 73.0 Å². The highest BCUT2D eigenvalue weighted by Crippen LogP contribution is 2.38. The number of aromatic hydroxyl groups is 1. The van der Waals surface area contributed by atoms with Gasteiger partial charge in [-0.15, -0.1) is 0 Å². The van der Waals surface area contributed by atoms with E-state index in [9.17, 15) is 15.3 Å². The summed E-state index contributed by atoms with van der Waals surface area (Å²) in [6.07, 6.45) is 6.68. The number of aliphatic hydroxyl groups is 2. The number of aliphatic imine (C=N–C) groups is 1. The van der Waals surface area contributed by atoms with E-state index in [2.05, 4.69) is 17.1 Å². The lowest BCUT2D eigenvalue weighted by Gasteiger charge is -2.22. The Bertz CT molecular complexity index is 932. The number of benzene rings is 2.